The van der Waals surface area contributed by atoms with Crippen molar-refractivity contribution in [2.24, 2.45) is 10.8 Å². The van der Waals surface area contributed by atoms with Gasteiger partial charge in [0.1, 0.15) is 11.2 Å². The molecule has 2 aliphatic rings. The monoisotopic (exact) mass is 617 g/mol. The maximum absolute atomic E-state index is 12.9. The smallest absolute Gasteiger partial charge is 0.410 e. The fraction of sp³-hybridized carbons (Fsp3) is 0.571. The first kappa shape index (κ1) is 32.6. The third kappa shape index (κ3) is 6.90. The van der Waals surface area contributed by atoms with Crippen molar-refractivity contribution in [3.05, 3.63) is 65.3 Å². The van der Waals surface area contributed by atoms with Gasteiger partial charge in [0.15, 0.2) is 0 Å². The average Bonchev–Trinajstić information content (AvgIpc) is 3.44. The molecule has 4 heterocycles. The minimum Gasteiger partial charge on any atom is -0.444 e. The van der Waals surface area contributed by atoms with Crippen LogP contribution in [0.3, 0.4) is 0 Å². The number of aromatic nitrogens is 3. The van der Waals surface area contributed by atoms with Crippen LogP contribution in [0.5, 0.6) is 0 Å². The van der Waals surface area contributed by atoms with E-state index in [1.165, 1.54) is 5.56 Å². The molecular weight excluding hydrogens is 570 g/mol. The second kappa shape index (κ2) is 11.9. The molecule has 10 nitrogen and oxygen atoms in total. The maximum atomic E-state index is 12.9. The third-order valence-electron chi connectivity index (χ3n) is 8.86. The molecular formula is C35H47N5O5. The molecule has 2 saturated heterocycles. The van der Waals surface area contributed by atoms with Crippen LogP contribution in [0.25, 0.3) is 11.4 Å². The largest absolute Gasteiger partial charge is 0.444 e. The molecule has 2 amide bonds. The van der Waals surface area contributed by atoms with Crippen LogP contribution in [0.4, 0.5) is 4.79 Å². The molecule has 2 aliphatic heterocycles. The van der Waals surface area contributed by atoms with Crippen LogP contribution in [-0.4, -0.2) is 73.8 Å². The molecule has 242 valence electrons. The number of carbonyl (C=O) groups excluding carboxylic acids is 2. The molecule has 0 aliphatic carbocycles. The molecule has 2 fully saturated rings. The zero-order valence-corrected chi connectivity index (χ0v) is 27.9. The molecule has 10 heteroatoms. The highest BCUT2D eigenvalue weighted by atomic mass is 16.6. The molecule has 3 aromatic rings. The van der Waals surface area contributed by atoms with Crippen LogP contribution in [0.1, 0.15) is 96.7 Å². The number of hydrogen-bond acceptors (Lipinski definition) is 8. The Bertz CT molecular complexity index is 1520. The van der Waals surface area contributed by atoms with E-state index >= 15 is 0 Å². The Kier molecular flexibility index (Phi) is 8.59. The van der Waals surface area contributed by atoms with Crippen molar-refractivity contribution in [2.45, 2.75) is 91.8 Å². The van der Waals surface area contributed by atoms with Gasteiger partial charge in [-0.1, -0.05) is 57.1 Å². The number of benzene rings is 1. The summed E-state index contributed by atoms with van der Waals surface area (Å²) in [6.07, 6.45) is 5.36. The zero-order chi connectivity index (χ0) is 32.8. The SMILES string of the molecule is CC(=O)N1CCC(c2nc(-c3cncc(C(O)(c4ccc(CC(C)(C)C)cc4)C4(C)CN(C(=O)OC(C)(C)C)C4)c3)no2)CC1. The third-order valence-corrected chi connectivity index (χ3v) is 8.86. The van der Waals surface area contributed by atoms with Gasteiger partial charge in [-0.3, -0.25) is 9.78 Å². The number of likely N-dealkylation sites (tertiary alicyclic amines) is 2. The van der Waals surface area contributed by atoms with Crippen LogP contribution in [0.2, 0.25) is 0 Å². The zero-order valence-electron chi connectivity index (χ0n) is 27.9. The second-order valence-corrected chi connectivity index (χ2v) is 15.2. The van der Waals surface area contributed by atoms with E-state index in [0.29, 0.717) is 49.0 Å². The molecule has 1 N–H and O–H groups in total. The van der Waals surface area contributed by atoms with Crippen LogP contribution in [0, 0.1) is 10.8 Å². The maximum Gasteiger partial charge on any atom is 0.410 e. The lowest BCUT2D eigenvalue weighted by Gasteiger charge is -2.56. The van der Waals surface area contributed by atoms with Gasteiger partial charge in [0.2, 0.25) is 17.6 Å². The molecule has 1 unspecified atom stereocenters. The molecule has 2 aromatic heterocycles. The van der Waals surface area contributed by atoms with Gasteiger partial charge < -0.3 is 24.2 Å². The molecule has 0 bridgehead atoms. The Morgan fingerprint density at radius 3 is 2.22 bits per heavy atom. The minimum atomic E-state index is -1.49. The van der Waals surface area contributed by atoms with E-state index in [4.69, 9.17) is 14.2 Å². The summed E-state index contributed by atoms with van der Waals surface area (Å²) in [5, 5.41) is 17.1. The van der Waals surface area contributed by atoms with E-state index < -0.39 is 22.7 Å². The lowest BCUT2D eigenvalue weighted by atomic mass is 9.62. The van der Waals surface area contributed by atoms with Crippen LogP contribution in [0.15, 0.2) is 47.2 Å². The van der Waals surface area contributed by atoms with Gasteiger partial charge in [0, 0.05) is 68.0 Å². The van der Waals surface area contributed by atoms with E-state index in [9.17, 15) is 14.7 Å². The number of piperidine rings is 1. The van der Waals surface area contributed by atoms with Gasteiger partial charge in [-0.2, -0.15) is 4.98 Å². The lowest BCUT2D eigenvalue weighted by Crippen LogP contribution is -2.66. The number of carbonyl (C=O) groups is 2. The Morgan fingerprint density at radius 2 is 1.64 bits per heavy atom. The van der Waals surface area contributed by atoms with Crippen LogP contribution in [-0.2, 0) is 21.6 Å². The first-order valence-corrected chi connectivity index (χ1v) is 15.8. The average molecular weight is 618 g/mol. The second-order valence-electron chi connectivity index (χ2n) is 15.2. The Balaban J connectivity index is 1.46. The van der Waals surface area contributed by atoms with E-state index in [1.807, 2.05) is 50.8 Å². The summed E-state index contributed by atoms with van der Waals surface area (Å²) in [6.45, 7) is 17.6. The first-order valence-electron chi connectivity index (χ1n) is 15.8. The number of ether oxygens (including phenoxy) is 1. The number of amides is 2. The molecule has 0 saturated carbocycles. The van der Waals surface area contributed by atoms with Crippen molar-refractivity contribution < 1.29 is 24.0 Å². The fourth-order valence-electron chi connectivity index (χ4n) is 6.54. The topological polar surface area (TPSA) is 122 Å². The summed E-state index contributed by atoms with van der Waals surface area (Å²) in [5.74, 6) is 1.09. The minimum absolute atomic E-state index is 0.0771. The van der Waals surface area contributed by atoms with E-state index in [-0.39, 0.29) is 17.2 Å². The number of nitrogens with zero attached hydrogens (tertiary/aromatic N) is 5. The Hall–Kier alpha value is -3.79. The van der Waals surface area contributed by atoms with Gasteiger partial charge in [0.25, 0.3) is 0 Å². The molecule has 1 aromatic carbocycles. The van der Waals surface area contributed by atoms with Gasteiger partial charge >= 0.3 is 6.09 Å². The number of aliphatic hydroxyl groups is 1. The normalized spacial score (nSPS) is 18.7. The van der Waals surface area contributed by atoms with E-state index in [2.05, 4.69) is 43.0 Å². The fourth-order valence-corrected chi connectivity index (χ4v) is 6.54. The summed E-state index contributed by atoms with van der Waals surface area (Å²) in [7, 11) is 0. The summed E-state index contributed by atoms with van der Waals surface area (Å²) in [4.78, 5) is 37.3. The van der Waals surface area contributed by atoms with Crippen molar-refractivity contribution in [1.82, 2.24) is 24.9 Å². The first-order chi connectivity index (χ1) is 21.0. The number of hydrogen-bond donors (Lipinski definition) is 1. The van der Waals surface area contributed by atoms with Gasteiger partial charge in [-0.15, -0.1) is 0 Å². The van der Waals surface area contributed by atoms with Crippen molar-refractivity contribution in [3.63, 3.8) is 0 Å². The van der Waals surface area contributed by atoms with Crippen LogP contribution < -0.4 is 0 Å². The Morgan fingerprint density at radius 1 is 1.00 bits per heavy atom. The molecule has 1 atom stereocenters. The van der Waals surface area contributed by atoms with Crippen molar-refractivity contribution >= 4 is 12.0 Å². The quantitative estimate of drug-likeness (QED) is 0.361. The molecule has 45 heavy (non-hydrogen) atoms. The molecule has 0 radical (unpaired) electrons. The highest BCUT2D eigenvalue weighted by molar-refractivity contribution is 5.73. The Labute approximate surface area is 266 Å². The van der Waals surface area contributed by atoms with Gasteiger partial charge in [-0.05, 0) is 62.6 Å². The highest BCUT2D eigenvalue weighted by Crippen LogP contribution is 2.51. The van der Waals surface area contributed by atoms with Crippen molar-refractivity contribution in [2.75, 3.05) is 26.2 Å². The predicted octanol–water partition coefficient (Wildman–Crippen LogP) is 5.94. The van der Waals surface area contributed by atoms with Crippen molar-refractivity contribution in [3.8, 4) is 11.4 Å². The van der Waals surface area contributed by atoms with Crippen molar-refractivity contribution in [1.29, 1.82) is 0 Å². The lowest BCUT2D eigenvalue weighted by molar-refractivity contribution is -0.131. The van der Waals surface area contributed by atoms with Crippen LogP contribution >= 0.6 is 0 Å². The summed E-state index contributed by atoms with van der Waals surface area (Å²) < 4.78 is 11.3. The summed E-state index contributed by atoms with van der Waals surface area (Å²) in [5.41, 5.74) is 0.393. The number of pyridine rings is 1. The van der Waals surface area contributed by atoms with E-state index in [0.717, 1.165) is 24.8 Å². The summed E-state index contributed by atoms with van der Waals surface area (Å²) in [6, 6.07) is 9.97. The van der Waals surface area contributed by atoms with E-state index in [1.54, 1.807) is 24.2 Å². The number of rotatable bonds is 6. The summed E-state index contributed by atoms with van der Waals surface area (Å²) >= 11 is 0. The molecule has 0 spiro atoms. The predicted molar refractivity (Wildman–Crippen MR) is 170 cm³/mol. The van der Waals surface area contributed by atoms with Gasteiger partial charge in [-0.25, -0.2) is 4.79 Å². The van der Waals surface area contributed by atoms with Gasteiger partial charge in [0.05, 0.1) is 0 Å². The highest BCUT2D eigenvalue weighted by Gasteiger charge is 2.58. The standard InChI is InChI=1S/C35H47N5O5/c1-23(41)39-15-13-25(14-16-39)30-37-29(38-45-30)26-17-28(20-36-19-26)35(43,27-11-9-24(10-12-27)18-32(2,3)4)34(8)21-40(22-34)31(42)44-33(5,6)7/h9-12,17,19-20,25,43H,13-16,18,21-22H2,1-8H3. The molecule has 5 rings (SSSR count).